The van der Waals surface area contributed by atoms with Crippen LogP contribution in [-0.2, 0) is 14.3 Å². The van der Waals surface area contributed by atoms with E-state index in [-0.39, 0.29) is 35.8 Å². The number of anilines is 1. The van der Waals surface area contributed by atoms with Crippen molar-refractivity contribution in [3.05, 3.63) is 33.3 Å². The number of carbonyl (C=O) groups excluding carboxylic acids is 2. The number of benzene rings is 1. The van der Waals surface area contributed by atoms with Gasteiger partial charge in [0, 0.05) is 17.5 Å². The van der Waals surface area contributed by atoms with Gasteiger partial charge in [-0.1, -0.05) is 11.6 Å². The van der Waals surface area contributed by atoms with Gasteiger partial charge in [0.25, 0.3) is 5.69 Å². The third kappa shape index (κ3) is 4.85. The highest BCUT2D eigenvalue weighted by Gasteiger charge is 2.17. The molecule has 8 heteroatoms. The van der Waals surface area contributed by atoms with E-state index in [1.54, 1.807) is 6.92 Å². The highest BCUT2D eigenvalue weighted by atomic mass is 35.5. The minimum atomic E-state index is -0.646. The van der Waals surface area contributed by atoms with Crippen molar-refractivity contribution in [1.29, 1.82) is 0 Å². The van der Waals surface area contributed by atoms with Crippen LogP contribution < -0.4 is 5.32 Å². The average Bonchev–Trinajstić information content (AvgIpc) is 2.38. The Kier molecular flexibility index (Phi) is 5.92. The molecular weight excluding hydrogens is 288 g/mol. The molecule has 0 aliphatic heterocycles. The van der Waals surface area contributed by atoms with Gasteiger partial charge in [0.15, 0.2) is 0 Å². The molecule has 1 aromatic carbocycles. The Hall–Kier alpha value is -2.15. The number of hydrogen-bond donors (Lipinski definition) is 1. The van der Waals surface area contributed by atoms with Crippen molar-refractivity contribution in [1.82, 2.24) is 0 Å². The minimum Gasteiger partial charge on any atom is -0.466 e. The Morgan fingerprint density at radius 1 is 1.40 bits per heavy atom. The molecule has 0 fully saturated rings. The molecule has 20 heavy (non-hydrogen) atoms. The van der Waals surface area contributed by atoms with Crippen LogP contribution in [0.3, 0.4) is 0 Å². The number of rotatable bonds is 6. The zero-order valence-electron chi connectivity index (χ0n) is 10.7. The number of amides is 1. The fourth-order valence-corrected chi connectivity index (χ4v) is 1.59. The molecule has 0 unspecified atom stereocenters. The van der Waals surface area contributed by atoms with Crippen molar-refractivity contribution in [2.75, 3.05) is 11.9 Å². The van der Waals surface area contributed by atoms with Gasteiger partial charge in [-0.05, 0) is 19.1 Å². The molecule has 0 radical (unpaired) electrons. The van der Waals surface area contributed by atoms with E-state index in [0.29, 0.717) is 0 Å². The molecule has 0 bridgehead atoms. The first-order valence-corrected chi connectivity index (χ1v) is 6.21. The first-order valence-electron chi connectivity index (χ1n) is 5.83. The van der Waals surface area contributed by atoms with E-state index in [2.05, 4.69) is 10.1 Å². The van der Waals surface area contributed by atoms with Crippen LogP contribution in [0, 0.1) is 10.1 Å². The first kappa shape index (κ1) is 15.9. The molecule has 1 aromatic rings. The lowest BCUT2D eigenvalue weighted by atomic mass is 10.2. The smallest absolute Gasteiger partial charge is 0.306 e. The van der Waals surface area contributed by atoms with Crippen LogP contribution in [0.2, 0.25) is 5.02 Å². The molecule has 108 valence electrons. The monoisotopic (exact) mass is 300 g/mol. The van der Waals surface area contributed by atoms with Gasteiger partial charge in [-0.15, -0.1) is 0 Å². The van der Waals surface area contributed by atoms with E-state index >= 15 is 0 Å². The van der Waals surface area contributed by atoms with Crippen molar-refractivity contribution in [3.63, 3.8) is 0 Å². The first-order chi connectivity index (χ1) is 9.43. The third-order valence-corrected chi connectivity index (χ3v) is 2.53. The number of nitro groups is 1. The number of halogens is 1. The fraction of sp³-hybridized carbons (Fsp3) is 0.333. The number of carbonyl (C=O) groups is 2. The van der Waals surface area contributed by atoms with Crippen LogP contribution in [0.1, 0.15) is 19.8 Å². The topological polar surface area (TPSA) is 98.5 Å². The molecule has 0 atom stereocenters. The van der Waals surface area contributed by atoms with Crippen molar-refractivity contribution in [2.24, 2.45) is 0 Å². The highest BCUT2D eigenvalue weighted by molar-refractivity contribution is 6.31. The second kappa shape index (κ2) is 7.44. The predicted octanol–water partition coefficient (Wildman–Crippen LogP) is 2.53. The lowest BCUT2D eigenvalue weighted by molar-refractivity contribution is -0.383. The SMILES string of the molecule is CCOC(=O)CCC(=O)Nc1ccc(Cl)cc1[N+](=O)[O-]. The number of hydrogen-bond acceptors (Lipinski definition) is 5. The maximum absolute atomic E-state index is 11.6. The van der Waals surface area contributed by atoms with E-state index in [0.717, 1.165) is 6.07 Å². The third-order valence-electron chi connectivity index (χ3n) is 2.29. The lowest BCUT2D eigenvalue weighted by Crippen LogP contribution is -2.15. The number of nitro benzene ring substituents is 1. The Morgan fingerprint density at radius 3 is 2.70 bits per heavy atom. The highest BCUT2D eigenvalue weighted by Crippen LogP contribution is 2.27. The van der Waals surface area contributed by atoms with Gasteiger partial charge in [-0.3, -0.25) is 19.7 Å². The molecule has 0 saturated heterocycles. The van der Waals surface area contributed by atoms with Gasteiger partial charge >= 0.3 is 5.97 Å². The van der Waals surface area contributed by atoms with Crippen LogP contribution in [0.25, 0.3) is 0 Å². The summed E-state index contributed by atoms with van der Waals surface area (Å²) in [5, 5.41) is 13.4. The zero-order chi connectivity index (χ0) is 15.1. The Bertz CT molecular complexity index is 533. The largest absolute Gasteiger partial charge is 0.466 e. The van der Waals surface area contributed by atoms with Gasteiger partial charge in [0.05, 0.1) is 18.0 Å². The summed E-state index contributed by atoms with van der Waals surface area (Å²) in [6.45, 7) is 1.90. The predicted molar refractivity (Wildman–Crippen MR) is 72.6 cm³/mol. The quantitative estimate of drug-likeness (QED) is 0.494. The molecule has 1 N–H and O–H groups in total. The molecule has 0 aliphatic carbocycles. The van der Waals surface area contributed by atoms with Gasteiger partial charge in [0.2, 0.25) is 5.91 Å². The van der Waals surface area contributed by atoms with E-state index < -0.39 is 16.8 Å². The minimum absolute atomic E-state index is 0.0354. The molecule has 1 amide bonds. The number of nitrogens with one attached hydrogen (secondary N) is 1. The van der Waals surface area contributed by atoms with Crippen molar-refractivity contribution < 1.29 is 19.2 Å². The summed E-state index contributed by atoms with van der Waals surface area (Å²) in [5.41, 5.74) is -0.268. The van der Waals surface area contributed by atoms with Gasteiger partial charge < -0.3 is 10.1 Å². The second-order valence-corrected chi connectivity index (χ2v) is 4.21. The summed E-state index contributed by atoms with van der Waals surface area (Å²) >= 11 is 5.66. The summed E-state index contributed by atoms with van der Waals surface area (Å²) in [4.78, 5) is 32.9. The molecule has 1 rings (SSSR count). The maximum atomic E-state index is 11.6. The number of nitrogens with zero attached hydrogens (tertiary/aromatic N) is 1. The fourth-order valence-electron chi connectivity index (χ4n) is 1.42. The summed E-state index contributed by atoms with van der Waals surface area (Å²) in [6, 6.07) is 3.90. The summed E-state index contributed by atoms with van der Waals surface area (Å²) in [5.74, 6) is -1.00. The summed E-state index contributed by atoms with van der Waals surface area (Å²) < 4.78 is 4.68. The van der Waals surface area contributed by atoms with Gasteiger partial charge in [-0.2, -0.15) is 0 Å². The van der Waals surface area contributed by atoms with Crippen molar-refractivity contribution in [3.8, 4) is 0 Å². The molecule has 0 aromatic heterocycles. The maximum Gasteiger partial charge on any atom is 0.306 e. The zero-order valence-corrected chi connectivity index (χ0v) is 11.5. The van der Waals surface area contributed by atoms with Crippen LogP contribution in [0.15, 0.2) is 18.2 Å². The molecule has 0 aliphatic rings. The van der Waals surface area contributed by atoms with Crippen LogP contribution >= 0.6 is 11.6 Å². The summed E-state index contributed by atoms with van der Waals surface area (Å²) in [7, 11) is 0. The van der Waals surface area contributed by atoms with Crippen LogP contribution in [0.5, 0.6) is 0 Å². The molecule has 0 heterocycles. The molecule has 0 spiro atoms. The average molecular weight is 301 g/mol. The molecule has 7 nitrogen and oxygen atoms in total. The van der Waals surface area contributed by atoms with Crippen LogP contribution in [-0.4, -0.2) is 23.4 Å². The van der Waals surface area contributed by atoms with E-state index in [1.807, 2.05) is 0 Å². The Morgan fingerprint density at radius 2 is 2.10 bits per heavy atom. The Labute approximate surface area is 120 Å². The number of esters is 1. The lowest BCUT2D eigenvalue weighted by Gasteiger charge is -2.06. The second-order valence-electron chi connectivity index (χ2n) is 3.77. The van der Waals surface area contributed by atoms with Crippen molar-refractivity contribution >= 4 is 34.9 Å². The molecule has 0 saturated carbocycles. The van der Waals surface area contributed by atoms with Gasteiger partial charge in [0.1, 0.15) is 5.69 Å². The van der Waals surface area contributed by atoms with Crippen LogP contribution in [0.4, 0.5) is 11.4 Å². The Balaban J connectivity index is 2.66. The van der Waals surface area contributed by atoms with Gasteiger partial charge in [-0.25, -0.2) is 0 Å². The van der Waals surface area contributed by atoms with E-state index in [1.165, 1.54) is 12.1 Å². The number of ether oxygens (including phenoxy) is 1. The van der Waals surface area contributed by atoms with Crippen molar-refractivity contribution in [2.45, 2.75) is 19.8 Å². The standard InChI is InChI=1S/C12H13ClN2O5/c1-2-20-12(17)6-5-11(16)14-9-4-3-8(13)7-10(9)15(18)19/h3-4,7H,2,5-6H2,1H3,(H,14,16). The summed E-state index contributed by atoms with van der Waals surface area (Å²) in [6.07, 6.45) is -0.195. The van der Waals surface area contributed by atoms with E-state index in [4.69, 9.17) is 11.6 Å². The van der Waals surface area contributed by atoms with E-state index in [9.17, 15) is 19.7 Å². The molecular formula is C12H13ClN2O5. The normalized spacial score (nSPS) is 9.90.